The Morgan fingerprint density at radius 1 is 1.30 bits per heavy atom. The zero-order valence-corrected chi connectivity index (χ0v) is 15.9. The van der Waals surface area contributed by atoms with Gasteiger partial charge in [-0.3, -0.25) is 4.99 Å². The molecule has 2 rings (SSSR count). The lowest BCUT2D eigenvalue weighted by atomic mass is 10.1. The molecule has 0 saturated heterocycles. The van der Waals surface area contributed by atoms with Crippen molar-refractivity contribution in [3.05, 3.63) is 48.5 Å². The zero-order valence-electron chi connectivity index (χ0n) is 13.5. The summed E-state index contributed by atoms with van der Waals surface area (Å²) in [6.07, 6.45) is 6.47. The van der Waals surface area contributed by atoms with Crippen LogP contribution in [0.25, 0.3) is 5.69 Å². The maximum Gasteiger partial charge on any atom is 0.191 e. The Bertz CT molecular complexity index is 586. The van der Waals surface area contributed by atoms with Gasteiger partial charge in [0.15, 0.2) is 5.96 Å². The fourth-order valence-electron chi connectivity index (χ4n) is 2.14. The van der Waals surface area contributed by atoms with Crippen molar-refractivity contribution in [2.24, 2.45) is 4.99 Å². The maximum absolute atomic E-state index is 5.03. The van der Waals surface area contributed by atoms with Gasteiger partial charge in [-0.1, -0.05) is 18.2 Å². The molecule has 126 valence electrons. The summed E-state index contributed by atoms with van der Waals surface area (Å²) in [5.41, 5.74) is 2.29. The third kappa shape index (κ3) is 6.19. The van der Waals surface area contributed by atoms with Crippen molar-refractivity contribution in [1.82, 2.24) is 20.2 Å². The van der Waals surface area contributed by atoms with Gasteiger partial charge in [0.05, 0.1) is 12.0 Å². The minimum absolute atomic E-state index is 0. The largest absolute Gasteiger partial charge is 0.385 e. The molecule has 0 atom stereocenters. The van der Waals surface area contributed by atoms with Crippen LogP contribution in [0, 0.1) is 0 Å². The normalized spacial score (nSPS) is 11.0. The van der Waals surface area contributed by atoms with Gasteiger partial charge in [0.2, 0.25) is 0 Å². The van der Waals surface area contributed by atoms with Gasteiger partial charge in [0.1, 0.15) is 0 Å². The monoisotopic (exact) mass is 429 g/mol. The summed E-state index contributed by atoms with van der Waals surface area (Å²) >= 11 is 0. The van der Waals surface area contributed by atoms with Gasteiger partial charge in [-0.2, -0.15) is 0 Å². The molecular weight excluding hydrogens is 405 g/mol. The summed E-state index contributed by atoms with van der Waals surface area (Å²) in [5, 5.41) is 6.60. The molecule has 0 aliphatic carbocycles. The standard InChI is InChI=1S/C16H23N5O.HI/c1-17-16(19-8-5-11-22-2)20-12-14-6-3-4-7-15(14)21-10-9-18-13-21;/h3-4,6-7,9-10,13H,5,8,11-12H2,1-2H3,(H2,17,19,20);1H. The first-order valence-corrected chi connectivity index (χ1v) is 7.35. The summed E-state index contributed by atoms with van der Waals surface area (Å²) in [5.74, 6) is 0.788. The van der Waals surface area contributed by atoms with E-state index < -0.39 is 0 Å². The lowest BCUT2D eigenvalue weighted by Crippen LogP contribution is -2.37. The highest BCUT2D eigenvalue weighted by atomic mass is 127. The number of guanidine groups is 1. The fraction of sp³-hybridized carbons (Fsp3) is 0.375. The molecule has 0 aliphatic rings. The van der Waals surface area contributed by atoms with Crippen LogP contribution in [0.2, 0.25) is 0 Å². The molecule has 0 radical (unpaired) electrons. The first-order valence-electron chi connectivity index (χ1n) is 7.35. The van der Waals surface area contributed by atoms with E-state index in [2.05, 4.69) is 32.7 Å². The summed E-state index contributed by atoms with van der Waals surface area (Å²) in [6.45, 7) is 2.27. The van der Waals surface area contributed by atoms with Crippen LogP contribution in [0.4, 0.5) is 0 Å². The molecule has 0 amide bonds. The molecule has 7 heteroatoms. The van der Waals surface area contributed by atoms with E-state index >= 15 is 0 Å². The summed E-state index contributed by atoms with van der Waals surface area (Å²) in [7, 11) is 3.48. The minimum atomic E-state index is 0. The molecule has 0 fully saturated rings. The molecule has 1 aromatic heterocycles. The number of nitrogens with zero attached hydrogens (tertiary/aromatic N) is 3. The van der Waals surface area contributed by atoms with Crippen LogP contribution in [0.3, 0.4) is 0 Å². The number of hydrogen-bond acceptors (Lipinski definition) is 3. The second-order valence-electron chi connectivity index (χ2n) is 4.80. The van der Waals surface area contributed by atoms with Crippen LogP contribution < -0.4 is 10.6 Å². The van der Waals surface area contributed by atoms with Gasteiger partial charge in [-0.25, -0.2) is 4.98 Å². The molecule has 6 nitrogen and oxygen atoms in total. The molecule has 1 heterocycles. The first-order chi connectivity index (χ1) is 10.8. The predicted octanol–water partition coefficient (Wildman–Crippen LogP) is 2.19. The summed E-state index contributed by atoms with van der Waals surface area (Å²) < 4.78 is 7.04. The fourth-order valence-corrected chi connectivity index (χ4v) is 2.14. The van der Waals surface area contributed by atoms with Crippen molar-refractivity contribution >= 4 is 29.9 Å². The molecule has 2 N–H and O–H groups in total. The molecule has 23 heavy (non-hydrogen) atoms. The minimum Gasteiger partial charge on any atom is -0.385 e. The lowest BCUT2D eigenvalue weighted by Gasteiger charge is -2.14. The van der Waals surface area contributed by atoms with Crippen molar-refractivity contribution in [3.63, 3.8) is 0 Å². The second kappa shape index (κ2) is 11.0. The van der Waals surface area contributed by atoms with E-state index in [0.717, 1.165) is 31.2 Å². The number of aliphatic imine (C=N–C) groups is 1. The van der Waals surface area contributed by atoms with Crippen molar-refractivity contribution in [1.29, 1.82) is 0 Å². The Labute approximate surface area is 154 Å². The van der Waals surface area contributed by atoms with Crippen LogP contribution in [-0.4, -0.2) is 42.8 Å². The molecule has 0 spiro atoms. The van der Waals surface area contributed by atoms with E-state index in [4.69, 9.17) is 4.74 Å². The van der Waals surface area contributed by atoms with Gasteiger partial charge >= 0.3 is 0 Å². The van der Waals surface area contributed by atoms with Crippen LogP contribution in [0.5, 0.6) is 0 Å². The Morgan fingerprint density at radius 3 is 2.83 bits per heavy atom. The SMILES string of the molecule is CN=C(NCCCOC)NCc1ccccc1-n1ccnc1.I. The average molecular weight is 429 g/mol. The average Bonchev–Trinajstić information content (AvgIpc) is 3.09. The van der Waals surface area contributed by atoms with Gasteiger partial charge in [0, 0.05) is 46.2 Å². The number of imidazole rings is 1. The third-order valence-electron chi connectivity index (χ3n) is 3.26. The maximum atomic E-state index is 5.03. The van der Waals surface area contributed by atoms with Crippen molar-refractivity contribution in [2.45, 2.75) is 13.0 Å². The van der Waals surface area contributed by atoms with Gasteiger partial charge in [-0.05, 0) is 18.1 Å². The highest BCUT2D eigenvalue weighted by Gasteiger charge is 2.04. The number of methoxy groups -OCH3 is 1. The number of aromatic nitrogens is 2. The molecule has 2 aromatic rings. The topological polar surface area (TPSA) is 63.5 Å². The number of nitrogens with one attached hydrogen (secondary N) is 2. The van der Waals surface area contributed by atoms with Gasteiger partial charge < -0.3 is 19.9 Å². The highest BCUT2D eigenvalue weighted by molar-refractivity contribution is 14.0. The van der Waals surface area contributed by atoms with Crippen molar-refractivity contribution < 1.29 is 4.74 Å². The van der Waals surface area contributed by atoms with Crippen LogP contribution in [-0.2, 0) is 11.3 Å². The number of halogens is 1. The Hall–Kier alpha value is -1.61. The Morgan fingerprint density at radius 2 is 2.13 bits per heavy atom. The second-order valence-corrected chi connectivity index (χ2v) is 4.80. The molecule has 0 unspecified atom stereocenters. The molecule has 0 bridgehead atoms. The van der Waals surface area contributed by atoms with E-state index in [0.29, 0.717) is 6.54 Å². The molecule has 0 aliphatic heterocycles. The smallest absolute Gasteiger partial charge is 0.191 e. The highest BCUT2D eigenvalue weighted by Crippen LogP contribution is 2.13. The lowest BCUT2D eigenvalue weighted by molar-refractivity contribution is 0.195. The van der Waals surface area contributed by atoms with Crippen LogP contribution in [0.1, 0.15) is 12.0 Å². The van der Waals surface area contributed by atoms with Crippen molar-refractivity contribution in [3.8, 4) is 5.69 Å². The van der Waals surface area contributed by atoms with Crippen LogP contribution >= 0.6 is 24.0 Å². The van der Waals surface area contributed by atoms with E-state index in [1.807, 2.05) is 22.9 Å². The van der Waals surface area contributed by atoms with Crippen LogP contribution in [0.15, 0.2) is 48.0 Å². The predicted molar refractivity (Wildman–Crippen MR) is 104 cm³/mol. The molecule has 1 aromatic carbocycles. The quantitative estimate of drug-likeness (QED) is 0.307. The van der Waals surface area contributed by atoms with Gasteiger partial charge in [0.25, 0.3) is 0 Å². The van der Waals surface area contributed by atoms with Crippen molar-refractivity contribution in [2.75, 3.05) is 27.3 Å². The van der Waals surface area contributed by atoms with Gasteiger partial charge in [-0.15, -0.1) is 24.0 Å². The van der Waals surface area contributed by atoms with E-state index in [9.17, 15) is 0 Å². The molecular formula is C16H24IN5O. The summed E-state index contributed by atoms with van der Waals surface area (Å²) in [6, 6.07) is 8.23. The summed E-state index contributed by atoms with van der Waals surface area (Å²) in [4.78, 5) is 8.33. The number of rotatable bonds is 7. The number of benzene rings is 1. The zero-order chi connectivity index (χ0) is 15.6. The Balaban J connectivity index is 0.00000264. The van der Waals surface area contributed by atoms with E-state index in [-0.39, 0.29) is 24.0 Å². The molecule has 0 saturated carbocycles. The number of ether oxygens (including phenoxy) is 1. The Kier molecular flexibility index (Phi) is 9.30. The number of hydrogen-bond donors (Lipinski definition) is 2. The van der Waals surface area contributed by atoms with E-state index in [1.54, 1.807) is 26.7 Å². The number of para-hydroxylation sites is 1. The van der Waals surface area contributed by atoms with E-state index in [1.165, 1.54) is 5.56 Å². The third-order valence-corrected chi connectivity index (χ3v) is 3.26. The first kappa shape index (κ1) is 19.4.